The Morgan fingerprint density at radius 2 is 1.28 bits per heavy atom. The number of imidazole rings is 1. The third-order valence-corrected chi connectivity index (χ3v) is 10.4. The number of benzene rings is 5. The van der Waals surface area contributed by atoms with E-state index in [0.29, 0.717) is 53.8 Å². The minimum atomic E-state index is -0.298. The van der Waals surface area contributed by atoms with E-state index in [0.717, 1.165) is 52.4 Å². The lowest BCUT2D eigenvalue weighted by molar-refractivity contribution is 0.0598. The highest BCUT2D eigenvalue weighted by Gasteiger charge is 2.34. The Labute approximate surface area is 307 Å². The van der Waals surface area contributed by atoms with Crippen LogP contribution >= 0.6 is 0 Å². The molecule has 2 aliphatic rings. The Morgan fingerprint density at radius 3 is 1.96 bits per heavy atom. The Morgan fingerprint density at radius 1 is 0.642 bits per heavy atom. The van der Waals surface area contributed by atoms with Crippen LogP contribution in [0.4, 0.5) is 5.69 Å². The van der Waals surface area contributed by atoms with Gasteiger partial charge in [-0.1, -0.05) is 61.9 Å². The molecule has 2 aliphatic heterocycles. The fourth-order valence-electron chi connectivity index (χ4n) is 7.80. The van der Waals surface area contributed by atoms with Crippen LogP contribution < -0.4 is 10.2 Å². The molecular weight excluding hydrogens is 665 g/mol. The zero-order valence-corrected chi connectivity index (χ0v) is 29.6. The van der Waals surface area contributed by atoms with E-state index in [1.54, 1.807) is 24.7 Å². The van der Waals surface area contributed by atoms with E-state index in [-0.39, 0.29) is 36.7 Å². The van der Waals surface area contributed by atoms with Gasteiger partial charge in [-0.3, -0.25) is 29.0 Å². The first kappa shape index (κ1) is 34.0. The molecule has 0 radical (unpaired) electrons. The number of hydrogen-bond acceptors (Lipinski definition) is 7. The monoisotopic (exact) mass is 704 g/mol. The van der Waals surface area contributed by atoms with Gasteiger partial charge in [0.1, 0.15) is 0 Å². The highest BCUT2D eigenvalue weighted by Crippen LogP contribution is 2.35. The van der Waals surface area contributed by atoms with E-state index in [2.05, 4.69) is 22.1 Å². The topological polar surface area (TPSA) is 108 Å². The van der Waals surface area contributed by atoms with E-state index < -0.39 is 0 Å². The molecule has 0 saturated carbocycles. The van der Waals surface area contributed by atoms with Crippen molar-refractivity contribution < 1.29 is 19.2 Å². The molecule has 266 valence electrons. The zero-order chi connectivity index (χ0) is 36.5. The van der Waals surface area contributed by atoms with Gasteiger partial charge in [-0.2, -0.15) is 0 Å². The minimum absolute atomic E-state index is 0.229. The number of nitrogens with zero attached hydrogens (tertiary/aromatic N) is 5. The van der Waals surface area contributed by atoms with Gasteiger partial charge in [0.25, 0.3) is 23.6 Å². The number of para-hydroxylation sites is 1. The molecule has 0 spiro atoms. The molecule has 0 saturated heterocycles. The maximum absolute atomic E-state index is 13.8. The Hall–Kier alpha value is -6.13. The number of rotatable bonds is 14. The maximum Gasteiger partial charge on any atom is 0.261 e. The summed E-state index contributed by atoms with van der Waals surface area (Å²) in [5.41, 5.74) is 5.21. The smallest absolute Gasteiger partial charge is 0.261 e. The third-order valence-electron chi connectivity index (χ3n) is 10.4. The van der Waals surface area contributed by atoms with Crippen molar-refractivity contribution >= 4 is 50.9 Å². The van der Waals surface area contributed by atoms with Crippen LogP contribution in [0, 0.1) is 0 Å². The molecule has 4 amide bonds. The molecule has 1 N–H and O–H groups in total. The van der Waals surface area contributed by atoms with Crippen LogP contribution in [0.5, 0.6) is 0 Å². The van der Waals surface area contributed by atoms with Gasteiger partial charge in [-0.05, 0) is 72.8 Å². The Kier molecular flexibility index (Phi) is 9.28. The average Bonchev–Trinajstić information content (AvgIpc) is 3.73. The summed E-state index contributed by atoms with van der Waals surface area (Å²) in [7, 11) is 0. The Bertz CT molecular complexity index is 2330. The van der Waals surface area contributed by atoms with Crippen LogP contribution in [-0.2, 0) is 6.42 Å². The van der Waals surface area contributed by atoms with Gasteiger partial charge < -0.3 is 14.8 Å². The largest absolute Gasteiger partial charge is 0.370 e. The molecule has 1 aromatic heterocycles. The summed E-state index contributed by atoms with van der Waals surface area (Å²) in [6.45, 7) is 4.87. The number of aromatic nitrogens is 2. The predicted molar refractivity (Wildman–Crippen MR) is 206 cm³/mol. The number of anilines is 1. The van der Waals surface area contributed by atoms with E-state index in [9.17, 15) is 19.2 Å². The second-order valence-corrected chi connectivity index (χ2v) is 13.5. The lowest BCUT2D eigenvalue weighted by atomic mass is 9.90. The molecule has 0 bridgehead atoms. The van der Waals surface area contributed by atoms with Crippen LogP contribution in [0.1, 0.15) is 66.8 Å². The molecule has 5 aromatic carbocycles. The van der Waals surface area contributed by atoms with Crippen LogP contribution in [0.25, 0.3) is 27.2 Å². The summed E-state index contributed by atoms with van der Waals surface area (Å²) in [4.78, 5) is 63.7. The number of carbonyl (C=O) groups excluding carboxylic acids is 4. The normalized spacial score (nSPS) is 13.8. The number of aryl methyl sites for hydroxylation is 1. The molecule has 53 heavy (non-hydrogen) atoms. The van der Waals surface area contributed by atoms with E-state index >= 15 is 0 Å². The summed E-state index contributed by atoms with van der Waals surface area (Å²) < 4.78 is 1.88. The summed E-state index contributed by atoms with van der Waals surface area (Å²) in [6.07, 6.45) is 7.89. The minimum Gasteiger partial charge on any atom is -0.370 e. The van der Waals surface area contributed by atoms with Gasteiger partial charge >= 0.3 is 0 Å². The first-order chi connectivity index (χ1) is 26.0. The quantitative estimate of drug-likeness (QED) is 0.102. The van der Waals surface area contributed by atoms with Gasteiger partial charge in [0, 0.05) is 89.2 Å². The Balaban J connectivity index is 0.900. The SMILES string of the molecule is CCCc1ccc2c3c(cccc13)C(=O)N(CCNCCCN(CCN1C(=O)c3cccc4c(-n5ccnc5)ccc(c34)C1=O)c1ccccc1)C2=O. The molecule has 3 heterocycles. The van der Waals surface area contributed by atoms with Gasteiger partial charge in [-0.15, -0.1) is 0 Å². The fraction of sp³-hybridized carbons (Fsp3) is 0.233. The van der Waals surface area contributed by atoms with Crippen molar-refractivity contribution in [3.05, 3.63) is 138 Å². The molecule has 0 unspecified atom stereocenters. The molecule has 6 aromatic rings. The van der Waals surface area contributed by atoms with Crippen molar-refractivity contribution in [3.8, 4) is 5.69 Å². The third kappa shape index (κ3) is 6.14. The van der Waals surface area contributed by atoms with E-state index in [1.165, 1.54) is 9.80 Å². The van der Waals surface area contributed by atoms with Crippen molar-refractivity contribution in [2.75, 3.05) is 44.2 Å². The van der Waals surface area contributed by atoms with Crippen molar-refractivity contribution in [2.45, 2.75) is 26.2 Å². The van der Waals surface area contributed by atoms with Crippen LogP contribution in [0.3, 0.4) is 0 Å². The van der Waals surface area contributed by atoms with Crippen molar-refractivity contribution in [1.82, 2.24) is 24.7 Å². The van der Waals surface area contributed by atoms with Crippen LogP contribution in [-0.4, -0.2) is 82.2 Å². The first-order valence-electron chi connectivity index (χ1n) is 18.3. The molecule has 0 atom stereocenters. The van der Waals surface area contributed by atoms with Crippen LogP contribution in [0.2, 0.25) is 0 Å². The molecule has 10 nitrogen and oxygen atoms in total. The number of amides is 4. The molecule has 0 aliphatic carbocycles. The second-order valence-electron chi connectivity index (χ2n) is 13.5. The average molecular weight is 705 g/mol. The number of imide groups is 2. The molecule has 0 fully saturated rings. The number of carbonyl (C=O) groups is 4. The second kappa shape index (κ2) is 14.5. The first-order valence-corrected chi connectivity index (χ1v) is 18.3. The highest BCUT2D eigenvalue weighted by atomic mass is 16.2. The van der Waals surface area contributed by atoms with Gasteiger partial charge in [0.15, 0.2) is 0 Å². The lowest BCUT2D eigenvalue weighted by Gasteiger charge is -2.31. The summed E-state index contributed by atoms with van der Waals surface area (Å²) >= 11 is 0. The van der Waals surface area contributed by atoms with Gasteiger partial charge in [-0.25, -0.2) is 4.98 Å². The summed E-state index contributed by atoms with van der Waals surface area (Å²) in [5, 5.41) is 6.67. The highest BCUT2D eigenvalue weighted by molar-refractivity contribution is 6.27. The van der Waals surface area contributed by atoms with Crippen molar-refractivity contribution in [3.63, 3.8) is 0 Å². The summed E-state index contributed by atoms with van der Waals surface area (Å²) in [6, 6.07) is 28.9. The fourth-order valence-corrected chi connectivity index (χ4v) is 7.80. The van der Waals surface area contributed by atoms with Gasteiger partial charge in [0.2, 0.25) is 0 Å². The molecule has 8 rings (SSSR count). The zero-order valence-electron chi connectivity index (χ0n) is 29.6. The number of hydrogen-bond donors (Lipinski definition) is 1. The van der Waals surface area contributed by atoms with Gasteiger partial charge in [0.05, 0.1) is 12.0 Å². The number of nitrogens with one attached hydrogen (secondary N) is 1. The predicted octanol–water partition coefficient (Wildman–Crippen LogP) is 6.51. The standard InChI is InChI=1S/C43H40N6O4/c1-2-9-29-16-17-35-38-31(29)12-6-14-33(38)40(50)48(42(35)52)25-22-44-20-8-23-46(30-10-4-3-5-11-30)26-27-49-41(51)34-15-7-13-32-37(47-24-21-45-28-47)19-18-36(39(32)34)43(49)53/h3-7,10-19,21,24,28,44H,2,8-9,20,22-23,25-27H2,1H3. The van der Waals surface area contributed by atoms with Crippen LogP contribution in [0.15, 0.2) is 110 Å². The van der Waals surface area contributed by atoms with Crippen molar-refractivity contribution in [1.29, 1.82) is 0 Å². The maximum atomic E-state index is 13.8. The van der Waals surface area contributed by atoms with Crippen molar-refractivity contribution in [2.24, 2.45) is 0 Å². The molecular formula is C43H40N6O4. The lowest BCUT2D eigenvalue weighted by Crippen LogP contribution is -2.45. The van der Waals surface area contributed by atoms with E-state index in [4.69, 9.17) is 0 Å². The van der Waals surface area contributed by atoms with E-state index in [1.807, 2.05) is 89.6 Å². The molecule has 10 heteroatoms. The summed E-state index contributed by atoms with van der Waals surface area (Å²) in [5.74, 6) is -1.10.